The molecule has 0 spiro atoms. The minimum Gasteiger partial charge on any atom is -0.493 e. The van der Waals surface area contributed by atoms with Crippen molar-refractivity contribution in [2.45, 2.75) is 32.2 Å². The van der Waals surface area contributed by atoms with Crippen LogP contribution in [-0.2, 0) is 25.8 Å². The average Bonchev–Trinajstić information content (AvgIpc) is 3.24. The molecule has 1 atom stereocenters. The van der Waals surface area contributed by atoms with Gasteiger partial charge in [-0.1, -0.05) is 18.2 Å². The lowest BCUT2D eigenvalue weighted by atomic mass is 9.97. The minimum absolute atomic E-state index is 0.139. The summed E-state index contributed by atoms with van der Waals surface area (Å²) in [5, 5.41) is 14.2. The van der Waals surface area contributed by atoms with E-state index in [2.05, 4.69) is 31.5 Å². The van der Waals surface area contributed by atoms with Gasteiger partial charge in [-0.3, -0.25) is 0 Å². The molecule has 0 fully saturated rings. The highest BCUT2D eigenvalue weighted by Crippen LogP contribution is 2.26. The number of amides is 2. The minimum atomic E-state index is -0.139. The van der Waals surface area contributed by atoms with Crippen LogP contribution in [0.1, 0.15) is 23.6 Å². The zero-order valence-corrected chi connectivity index (χ0v) is 14.2. The Bertz CT molecular complexity index is 758. The highest BCUT2D eigenvalue weighted by atomic mass is 16.5. The quantitative estimate of drug-likeness (QED) is 0.859. The highest BCUT2D eigenvalue weighted by Gasteiger charge is 2.20. The molecule has 0 unspecified atom stereocenters. The van der Waals surface area contributed by atoms with E-state index in [9.17, 15) is 4.79 Å². The summed E-state index contributed by atoms with van der Waals surface area (Å²) >= 11 is 0. The Hall–Kier alpha value is -2.57. The molecule has 1 aromatic heterocycles. The zero-order chi connectivity index (χ0) is 17.1. The molecule has 0 saturated carbocycles. The van der Waals surface area contributed by atoms with Crippen LogP contribution in [0.15, 0.2) is 24.3 Å². The van der Waals surface area contributed by atoms with Crippen molar-refractivity contribution in [1.29, 1.82) is 0 Å². The van der Waals surface area contributed by atoms with E-state index in [-0.39, 0.29) is 6.03 Å². The number of carbonyl (C=O) groups is 1. The number of fused-ring (bicyclic) bond motifs is 2. The van der Waals surface area contributed by atoms with Gasteiger partial charge in [-0.15, -0.1) is 10.2 Å². The molecule has 4 rings (SSSR count). The third kappa shape index (κ3) is 3.60. The van der Waals surface area contributed by atoms with E-state index in [0.717, 1.165) is 43.2 Å². The second-order valence-corrected chi connectivity index (χ2v) is 6.66. The Morgan fingerprint density at radius 1 is 1.28 bits per heavy atom. The Balaban J connectivity index is 1.18. The second kappa shape index (κ2) is 7.13. The number of ether oxygens (including phenoxy) is 1. The van der Waals surface area contributed by atoms with Gasteiger partial charge in [-0.05, 0) is 24.5 Å². The zero-order valence-electron chi connectivity index (χ0n) is 14.2. The van der Waals surface area contributed by atoms with Crippen LogP contribution < -0.4 is 15.4 Å². The normalized spacial score (nSPS) is 18.2. The number of aryl methyl sites for hydroxylation is 1. The molecule has 7 heteroatoms. The summed E-state index contributed by atoms with van der Waals surface area (Å²) < 4.78 is 7.91. The van der Waals surface area contributed by atoms with E-state index in [1.165, 1.54) is 5.56 Å². The first-order valence-corrected chi connectivity index (χ1v) is 8.93. The summed E-state index contributed by atoms with van der Waals surface area (Å²) in [6.07, 6.45) is 3.79. The topological polar surface area (TPSA) is 81.1 Å². The predicted molar refractivity (Wildman–Crippen MR) is 92.6 cm³/mol. The molecule has 2 aliphatic rings. The van der Waals surface area contributed by atoms with Crippen LogP contribution in [0.3, 0.4) is 0 Å². The summed E-state index contributed by atoms with van der Waals surface area (Å²) in [4.78, 5) is 12.0. The van der Waals surface area contributed by atoms with Gasteiger partial charge in [-0.25, -0.2) is 4.79 Å². The van der Waals surface area contributed by atoms with Crippen LogP contribution in [0.5, 0.6) is 5.75 Å². The predicted octanol–water partition coefficient (Wildman–Crippen LogP) is 1.32. The van der Waals surface area contributed by atoms with Crippen LogP contribution in [0, 0.1) is 5.92 Å². The van der Waals surface area contributed by atoms with Crippen molar-refractivity contribution < 1.29 is 9.53 Å². The molecule has 2 N–H and O–H groups in total. The van der Waals surface area contributed by atoms with E-state index in [1.54, 1.807) is 0 Å². The fourth-order valence-electron chi connectivity index (χ4n) is 3.50. The van der Waals surface area contributed by atoms with E-state index < -0.39 is 0 Å². The largest absolute Gasteiger partial charge is 0.493 e. The number of aromatic nitrogens is 3. The van der Waals surface area contributed by atoms with Crippen molar-refractivity contribution in [3.63, 3.8) is 0 Å². The van der Waals surface area contributed by atoms with Gasteiger partial charge in [0.05, 0.1) is 6.61 Å². The first-order valence-electron chi connectivity index (χ1n) is 8.93. The van der Waals surface area contributed by atoms with Crippen molar-refractivity contribution in [2.24, 2.45) is 5.92 Å². The number of para-hydroxylation sites is 1. The summed E-state index contributed by atoms with van der Waals surface area (Å²) in [6, 6.07) is 7.94. The molecule has 0 bridgehead atoms. The molecule has 25 heavy (non-hydrogen) atoms. The summed E-state index contributed by atoms with van der Waals surface area (Å²) in [7, 11) is 0. The fraction of sp³-hybridized carbons (Fsp3) is 0.500. The molecule has 0 radical (unpaired) electrons. The van der Waals surface area contributed by atoms with Gasteiger partial charge in [0.1, 0.15) is 17.4 Å². The maximum absolute atomic E-state index is 12.0. The van der Waals surface area contributed by atoms with Gasteiger partial charge in [0.15, 0.2) is 0 Å². The van der Waals surface area contributed by atoms with Gasteiger partial charge < -0.3 is 19.9 Å². The van der Waals surface area contributed by atoms with Gasteiger partial charge in [-0.2, -0.15) is 0 Å². The van der Waals surface area contributed by atoms with Crippen LogP contribution in [-0.4, -0.2) is 40.5 Å². The van der Waals surface area contributed by atoms with Crippen LogP contribution in [0.2, 0.25) is 0 Å². The maximum atomic E-state index is 12.0. The number of nitrogens with one attached hydrogen (secondary N) is 2. The number of hydrogen-bond acceptors (Lipinski definition) is 4. The second-order valence-electron chi connectivity index (χ2n) is 6.66. The lowest BCUT2D eigenvalue weighted by molar-refractivity contribution is 0.211. The van der Waals surface area contributed by atoms with Crippen molar-refractivity contribution in [1.82, 2.24) is 25.4 Å². The fourth-order valence-corrected chi connectivity index (χ4v) is 3.50. The maximum Gasteiger partial charge on any atom is 0.314 e. The first-order chi connectivity index (χ1) is 12.3. The Kier molecular flexibility index (Phi) is 4.54. The molecule has 2 amide bonds. The summed E-state index contributed by atoms with van der Waals surface area (Å²) in [5.74, 6) is 3.30. The molecular formula is C18H23N5O2. The van der Waals surface area contributed by atoms with Gasteiger partial charge >= 0.3 is 6.03 Å². The van der Waals surface area contributed by atoms with Gasteiger partial charge in [0, 0.05) is 38.4 Å². The summed E-state index contributed by atoms with van der Waals surface area (Å²) in [5.41, 5.74) is 1.21. The van der Waals surface area contributed by atoms with E-state index >= 15 is 0 Å². The third-order valence-corrected chi connectivity index (χ3v) is 4.83. The lowest BCUT2D eigenvalue weighted by Crippen LogP contribution is -2.41. The van der Waals surface area contributed by atoms with Crippen molar-refractivity contribution >= 4 is 6.03 Å². The molecule has 2 aromatic rings. The highest BCUT2D eigenvalue weighted by molar-refractivity contribution is 5.73. The molecule has 1 aromatic carbocycles. The Labute approximate surface area is 146 Å². The van der Waals surface area contributed by atoms with E-state index in [1.807, 2.05) is 18.2 Å². The van der Waals surface area contributed by atoms with Crippen LogP contribution in [0.4, 0.5) is 4.79 Å². The SMILES string of the molecule is O=C(NCCc1nnc2n1CCC2)NC[C@@H]1COc2ccccc2C1. The van der Waals surface area contributed by atoms with Crippen molar-refractivity contribution in [3.05, 3.63) is 41.5 Å². The van der Waals surface area contributed by atoms with Crippen LogP contribution in [0.25, 0.3) is 0 Å². The molecular weight excluding hydrogens is 318 g/mol. The molecule has 2 aliphatic heterocycles. The summed E-state index contributed by atoms with van der Waals surface area (Å²) in [6.45, 7) is 2.81. The Morgan fingerprint density at radius 2 is 2.20 bits per heavy atom. The standard InChI is InChI=1S/C18H23N5O2/c24-18(19-8-7-17-22-21-16-6-3-9-23(16)17)20-11-13-10-14-4-1-2-5-15(14)25-12-13/h1-2,4-5,13H,3,6-12H2,(H2,19,20,24)/t13-/m1/s1. The van der Waals surface area contributed by atoms with Crippen LogP contribution >= 0.6 is 0 Å². The molecule has 132 valence electrons. The van der Waals surface area contributed by atoms with E-state index in [0.29, 0.717) is 32.0 Å². The van der Waals surface area contributed by atoms with Crippen molar-refractivity contribution in [2.75, 3.05) is 19.7 Å². The number of carbonyl (C=O) groups excluding carboxylic acids is 1. The molecule has 0 saturated heterocycles. The molecule has 7 nitrogen and oxygen atoms in total. The monoisotopic (exact) mass is 341 g/mol. The number of benzene rings is 1. The van der Waals surface area contributed by atoms with Gasteiger partial charge in [0.2, 0.25) is 0 Å². The number of hydrogen-bond donors (Lipinski definition) is 2. The number of rotatable bonds is 5. The third-order valence-electron chi connectivity index (χ3n) is 4.83. The first kappa shape index (κ1) is 15.9. The number of urea groups is 1. The van der Waals surface area contributed by atoms with E-state index in [4.69, 9.17) is 4.74 Å². The molecule has 0 aliphatic carbocycles. The van der Waals surface area contributed by atoms with Crippen molar-refractivity contribution in [3.8, 4) is 5.75 Å². The lowest BCUT2D eigenvalue weighted by Gasteiger charge is -2.25. The number of nitrogens with zero attached hydrogens (tertiary/aromatic N) is 3. The Morgan fingerprint density at radius 3 is 3.16 bits per heavy atom. The smallest absolute Gasteiger partial charge is 0.314 e. The van der Waals surface area contributed by atoms with Gasteiger partial charge in [0.25, 0.3) is 0 Å². The molecule has 3 heterocycles. The average molecular weight is 341 g/mol.